The first-order chi connectivity index (χ1) is 19.8. The van der Waals surface area contributed by atoms with Crippen molar-refractivity contribution in [2.24, 2.45) is 20.0 Å². The second-order valence-electron chi connectivity index (χ2n) is 9.68. The van der Waals surface area contributed by atoms with Crippen LogP contribution >= 0.6 is 0 Å². The molecule has 0 fully saturated rings. The largest absolute Gasteiger partial charge is 0.327 e. The van der Waals surface area contributed by atoms with Crippen molar-refractivity contribution in [1.29, 1.82) is 0 Å². The van der Waals surface area contributed by atoms with Crippen molar-refractivity contribution >= 4 is 44.9 Å². The molecule has 9 rings (SSSR count). The van der Waals surface area contributed by atoms with Gasteiger partial charge in [0.05, 0.1) is 0 Å². The number of hydrogen-bond donors (Lipinski definition) is 4. The molecule has 12 nitrogen and oxygen atoms in total. The predicted molar refractivity (Wildman–Crippen MR) is 149 cm³/mol. The average Bonchev–Trinajstić information content (AvgIpc) is 3.73. The van der Waals surface area contributed by atoms with Gasteiger partial charge in [-0.15, -0.1) is 0 Å². The molecule has 9 heterocycles. The molecule has 3 aliphatic heterocycles. The summed E-state index contributed by atoms with van der Waals surface area (Å²) >= 11 is 0. The van der Waals surface area contributed by atoms with Crippen LogP contribution in [0.15, 0.2) is 93.8 Å². The maximum absolute atomic E-state index is 5.04. The summed E-state index contributed by atoms with van der Waals surface area (Å²) in [5.74, 6) is 2.88. The van der Waals surface area contributed by atoms with Gasteiger partial charge in [-0.1, -0.05) is 0 Å². The first-order valence-corrected chi connectivity index (χ1v) is 12.7. The molecule has 0 radical (unpaired) electrons. The van der Waals surface area contributed by atoms with Crippen LogP contribution in [0.1, 0.15) is 34.6 Å². The minimum absolute atomic E-state index is 0.482. The smallest absolute Gasteiger partial charge is 0.171 e. The summed E-state index contributed by atoms with van der Waals surface area (Å²) in [6.45, 7) is 0. The van der Waals surface area contributed by atoms with Gasteiger partial charge in [-0.3, -0.25) is 19.9 Å². The van der Waals surface area contributed by atoms with Crippen LogP contribution in [-0.2, 0) is 0 Å². The van der Waals surface area contributed by atoms with Crippen molar-refractivity contribution in [2.75, 3.05) is 10.6 Å². The lowest BCUT2D eigenvalue weighted by molar-refractivity contribution is 0.742. The highest BCUT2D eigenvalue weighted by molar-refractivity contribution is 6.18. The van der Waals surface area contributed by atoms with E-state index in [1.54, 1.807) is 31.0 Å². The van der Waals surface area contributed by atoms with E-state index < -0.39 is 12.3 Å². The van der Waals surface area contributed by atoms with Crippen LogP contribution in [0.3, 0.4) is 0 Å². The van der Waals surface area contributed by atoms with Gasteiger partial charge in [0, 0.05) is 93.4 Å². The van der Waals surface area contributed by atoms with Gasteiger partial charge in [0.25, 0.3) is 0 Å². The third-order valence-electron chi connectivity index (χ3n) is 7.44. The van der Waals surface area contributed by atoms with Crippen molar-refractivity contribution in [1.82, 2.24) is 29.9 Å². The highest BCUT2D eigenvalue weighted by Crippen LogP contribution is 2.36. The molecule has 8 bridgehead atoms. The lowest BCUT2D eigenvalue weighted by Gasteiger charge is -2.07. The summed E-state index contributed by atoms with van der Waals surface area (Å²) in [5.41, 5.74) is 4.99. The zero-order valence-corrected chi connectivity index (χ0v) is 20.7. The second kappa shape index (κ2) is 7.86. The van der Waals surface area contributed by atoms with Crippen LogP contribution < -0.4 is 21.6 Å². The molecule has 2 unspecified atom stereocenters. The van der Waals surface area contributed by atoms with Gasteiger partial charge in [0.1, 0.15) is 34.3 Å². The summed E-state index contributed by atoms with van der Waals surface area (Å²) < 4.78 is 0. The summed E-state index contributed by atoms with van der Waals surface area (Å²) in [4.78, 5) is 44.4. The quantitative estimate of drug-likeness (QED) is 0.240. The number of pyridine rings is 4. The SMILES string of the molecule is c1cc2c(cn1)C1=NC2/N=c2\[nH]/c(c3ccncc23)=N\C2N=C(Nc3[nH]c(c4ccncc34)N1)c1ccncc12. The lowest BCUT2D eigenvalue weighted by atomic mass is 10.1. The van der Waals surface area contributed by atoms with E-state index in [1.165, 1.54) is 0 Å². The molecule has 3 aliphatic rings. The van der Waals surface area contributed by atoms with Crippen LogP contribution in [0.5, 0.6) is 0 Å². The minimum atomic E-state index is -0.498. The number of amidine groups is 2. The summed E-state index contributed by atoms with van der Waals surface area (Å²) in [7, 11) is 0. The monoisotopic (exact) mass is 522 g/mol. The minimum Gasteiger partial charge on any atom is -0.327 e. The van der Waals surface area contributed by atoms with Crippen molar-refractivity contribution < 1.29 is 0 Å². The van der Waals surface area contributed by atoms with E-state index >= 15 is 0 Å². The van der Waals surface area contributed by atoms with E-state index in [-0.39, 0.29) is 0 Å². The highest BCUT2D eigenvalue weighted by Gasteiger charge is 2.29. The first kappa shape index (κ1) is 21.2. The molecule has 6 aromatic rings. The molecule has 0 amide bonds. The van der Waals surface area contributed by atoms with Gasteiger partial charge in [-0.25, -0.2) is 20.0 Å². The number of nitrogens with zero attached hydrogens (tertiary/aromatic N) is 8. The Morgan fingerprint density at radius 3 is 1.98 bits per heavy atom. The zero-order chi connectivity index (χ0) is 26.2. The Labute approximate surface area is 224 Å². The van der Waals surface area contributed by atoms with Crippen LogP contribution in [0.25, 0.3) is 21.5 Å². The van der Waals surface area contributed by atoms with E-state index in [4.69, 9.17) is 20.0 Å². The van der Waals surface area contributed by atoms with Gasteiger partial charge in [-0.2, -0.15) is 0 Å². The number of fused-ring (bicyclic) bond motifs is 18. The lowest BCUT2D eigenvalue weighted by Crippen LogP contribution is -2.14. The topological polar surface area (TPSA) is 157 Å². The number of aliphatic imine (C=N–C) groups is 2. The molecule has 0 spiro atoms. The number of hydrogen-bond acceptors (Lipinski definition) is 10. The Morgan fingerprint density at radius 1 is 0.475 bits per heavy atom. The molecule has 0 aliphatic carbocycles. The predicted octanol–water partition coefficient (Wildman–Crippen LogP) is 2.92. The third kappa shape index (κ3) is 3.01. The van der Waals surface area contributed by atoms with Crippen molar-refractivity contribution in [3.8, 4) is 0 Å². The Kier molecular flexibility index (Phi) is 4.17. The fourth-order valence-electron chi connectivity index (χ4n) is 5.57. The summed E-state index contributed by atoms with van der Waals surface area (Å²) in [5, 5.41) is 10.6. The second-order valence-corrected chi connectivity index (χ2v) is 9.68. The van der Waals surface area contributed by atoms with Crippen molar-refractivity contribution in [3.05, 3.63) is 107 Å². The molecular weight excluding hydrogens is 504 g/mol. The van der Waals surface area contributed by atoms with E-state index in [0.29, 0.717) is 22.6 Å². The standard InChI is InChI=1S/C28H18N12/c1-5-29-9-17-13(1)21-33-25(17)38-22-15-3-7-31-11-19(15)27(35-22)40-24-16-4-8-32-12-20(16)28(36-24)39-23-14-2-6-30-10-18(14)26(34-23)37-21/h1-12,21,28,35H,(H,33,38)(H,36,40)(H,34,37,39). The number of nitrogens with one attached hydrogen (secondary N) is 4. The van der Waals surface area contributed by atoms with Gasteiger partial charge in [-0.05, 0) is 24.3 Å². The summed E-state index contributed by atoms with van der Waals surface area (Å²) in [6.07, 6.45) is 13.3. The molecule has 6 aromatic heterocycles. The van der Waals surface area contributed by atoms with Crippen LogP contribution in [0.4, 0.5) is 11.6 Å². The van der Waals surface area contributed by atoms with Crippen molar-refractivity contribution in [3.63, 3.8) is 0 Å². The normalized spacial score (nSPS) is 20.3. The average molecular weight is 523 g/mol. The Morgan fingerprint density at radius 2 is 1.10 bits per heavy atom. The van der Waals surface area contributed by atoms with Crippen LogP contribution in [0.2, 0.25) is 0 Å². The van der Waals surface area contributed by atoms with Gasteiger partial charge in [0.15, 0.2) is 12.3 Å². The fraction of sp³-hybridized carbons (Fsp3) is 0.0714. The molecule has 2 atom stereocenters. The van der Waals surface area contributed by atoms with Gasteiger partial charge in [0.2, 0.25) is 0 Å². The van der Waals surface area contributed by atoms with Crippen molar-refractivity contribution in [2.45, 2.75) is 12.3 Å². The molecule has 4 N–H and O–H groups in total. The zero-order valence-electron chi connectivity index (χ0n) is 20.7. The number of H-pyrrole nitrogens is 2. The molecule has 0 saturated heterocycles. The van der Waals surface area contributed by atoms with E-state index in [2.05, 4.69) is 40.5 Å². The van der Waals surface area contributed by atoms with Crippen LogP contribution in [0, 0.1) is 0 Å². The van der Waals surface area contributed by atoms with Gasteiger partial charge >= 0.3 is 0 Å². The molecule has 0 saturated carbocycles. The molecule has 12 heteroatoms. The maximum atomic E-state index is 5.04. The number of anilines is 2. The Hall–Kier alpha value is -5.78. The van der Waals surface area contributed by atoms with Crippen LogP contribution in [-0.4, -0.2) is 41.6 Å². The number of aromatic amines is 2. The fourth-order valence-corrected chi connectivity index (χ4v) is 5.57. The maximum Gasteiger partial charge on any atom is 0.171 e. The molecular formula is C28H18N12. The molecule has 40 heavy (non-hydrogen) atoms. The van der Waals surface area contributed by atoms with E-state index in [1.807, 2.05) is 42.9 Å². The first-order valence-electron chi connectivity index (χ1n) is 12.7. The molecule has 190 valence electrons. The summed E-state index contributed by atoms with van der Waals surface area (Å²) in [6, 6.07) is 7.79. The van der Waals surface area contributed by atoms with E-state index in [9.17, 15) is 0 Å². The Bertz CT molecular complexity index is 2050. The number of rotatable bonds is 0. The number of aromatic nitrogens is 6. The molecule has 0 aromatic carbocycles. The highest BCUT2D eigenvalue weighted by atomic mass is 15.2. The van der Waals surface area contributed by atoms with E-state index in [0.717, 1.165) is 55.4 Å². The Balaban J connectivity index is 1.35. The third-order valence-corrected chi connectivity index (χ3v) is 7.44. The van der Waals surface area contributed by atoms with Gasteiger partial charge < -0.3 is 20.6 Å².